The van der Waals surface area contributed by atoms with Gasteiger partial charge in [-0.15, -0.1) is 24.0 Å². The Balaban J connectivity index is 2.83. The molecule has 12 heavy (non-hydrogen) atoms. The summed E-state index contributed by atoms with van der Waals surface area (Å²) in [6.07, 6.45) is 0. The van der Waals surface area contributed by atoms with Gasteiger partial charge in [0, 0.05) is 9.60 Å². The molecule has 0 amide bonds. The Morgan fingerprint density at radius 2 is 2.08 bits per heavy atom. The van der Waals surface area contributed by atoms with Crippen molar-refractivity contribution in [3.05, 3.63) is 27.5 Å². The van der Waals surface area contributed by atoms with Crippen LogP contribution in [0.4, 0.5) is 0 Å². The van der Waals surface area contributed by atoms with Crippen LogP contribution in [0.15, 0.2) is 26.9 Å². The largest absolute Gasteiger partial charge is 0.143 e. The van der Waals surface area contributed by atoms with E-state index in [-0.39, 0.29) is 0 Å². The summed E-state index contributed by atoms with van der Waals surface area (Å²) in [5.41, 5.74) is 1.24. The molecule has 0 aliphatic heterocycles. The van der Waals surface area contributed by atoms with Crippen molar-refractivity contribution in [3.8, 4) is 0 Å². The van der Waals surface area contributed by atoms with E-state index in [1.165, 1.54) is 19.4 Å². The van der Waals surface area contributed by atoms with E-state index < -0.39 is 0 Å². The van der Waals surface area contributed by atoms with Crippen LogP contribution >= 0.6 is 39.9 Å². The van der Waals surface area contributed by atoms with Crippen LogP contribution in [0, 0.1) is 6.92 Å². The van der Waals surface area contributed by atoms with Gasteiger partial charge in [-0.2, -0.15) is 0 Å². The van der Waals surface area contributed by atoms with Crippen molar-refractivity contribution in [2.45, 2.75) is 11.8 Å². The molecule has 0 radical (unpaired) electrons. The summed E-state index contributed by atoms with van der Waals surface area (Å²) in [5.74, 6) is 0. The van der Waals surface area contributed by atoms with E-state index in [2.05, 4.69) is 53.7 Å². The number of fused-ring (bicyclic) bond motifs is 1. The van der Waals surface area contributed by atoms with Crippen LogP contribution in [-0.4, -0.2) is 0 Å². The van der Waals surface area contributed by atoms with E-state index in [4.69, 9.17) is 0 Å². The van der Waals surface area contributed by atoms with Crippen molar-refractivity contribution in [2.75, 3.05) is 0 Å². The smallest absolute Gasteiger partial charge is 0.0711 e. The predicted molar refractivity (Wildman–Crippen MR) is 61.5 cm³/mol. The van der Waals surface area contributed by atoms with Crippen LogP contribution in [0.25, 0.3) is 10.1 Å². The fourth-order valence-corrected chi connectivity index (χ4v) is 2.98. The third kappa shape index (κ3) is 1.41. The first-order chi connectivity index (χ1) is 5.66. The minimum absolute atomic E-state index is 1.06. The zero-order valence-corrected chi connectivity index (χ0v) is 9.76. The highest BCUT2D eigenvalue weighted by Crippen LogP contribution is 2.32. The van der Waals surface area contributed by atoms with Gasteiger partial charge in [0.15, 0.2) is 0 Å². The normalized spacial score (nSPS) is 10.9. The van der Waals surface area contributed by atoms with Crippen LogP contribution in [0.1, 0.15) is 5.56 Å². The Morgan fingerprint density at radius 1 is 1.33 bits per heavy atom. The van der Waals surface area contributed by atoms with Crippen molar-refractivity contribution >= 4 is 50.0 Å². The molecule has 1 aromatic carbocycles. The van der Waals surface area contributed by atoms with Crippen molar-refractivity contribution in [1.29, 1.82) is 0 Å². The van der Waals surface area contributed by atoms with Gasteiger partial charge in [0.25, 0.3) is 0 Å². The minimum Gasteiger partial charge on any atom is -0.143 e. The molecule has 0 aliphatic carbocycles. The summed E-state index contributed by atoms with van der Waals surface area (Å²) in [6.45, 7) is 2.08. The lowest BCUT2D eigenvalue weighted by atomic mass is 10.2. The van der Waals surface area contributed by atoms with Crippen molar-refractivity contribution < 1.29 is 0 Å². The molecular weight excluding hydrogens is 252 g/mol. The Labute approximate surface area is 89.1 Å². The maximum Gasteiger partial charge on any atom is 0.0711 e. The van der Waals surface area contributed by atoms with E-state index in [1.54, 1.807) is 11.3 Å². The number of hydrogen-bond donors (Lipinski definition) is 1. The molecule has 0 saturated carbocycles. The molecule has 3 heteroatoms. The average Bonchev–Trinajstić information content (AvgIpc) is 2.30. The summed E-state index contributed by atoms with van der Waals surface area (Å²) in [6, 6.07) is 6.40. The van der Waals surface area contributed by atoms with E-state index in [0.717, 1.165) is 4.90 Å². The number of thiophene rings is 1. The van der Waals surface area contributed by atoms with E-state index >= 15 is 0 Å². The van der Waals surface area contributed by atoms with Gasteiger partial charge in [-0.05, 0) is 52.0 Å². The highest BCUT2D eigenvalue weighted by Gasteiger charge is 2.01. The molecule has 1 heterocycles. The number of benzene rings is 1. The minimum atomic E-state index is 1.06. The van der Waals surface area contributed by atoms with Gasteiger partial charge in [-0.3, -0.25) is 0 Å². The third-order valence-corrected chi connectivity index (χ3v) is 3.89. The first-order valence-corrected chi connectivity index (χ1v) is 5.61. The molecule has 0 saturated heterocycles. The van der Waals surface area contributed by atoms with Crippen LogP contribution in [0.2, 0.25) is 0 Å². The molecule has 0 N–H and O–H groups in total. The van der Waals surface area contributed by atoms with Crippen molar-refractivity contribution in [2.24, 2.45) is 0 Å². The quantitative estimate of drug-likeness (QED) is 0.671. The molecule has 2 aromatic rings. The molecule has 62 valence electrons. The Morgan fingerprint density at radius 3 is 2.83 bits per heavy atom. The van der Waals surface area contributed by atoms with Crippen LogP contribution in [0.3, 0.4) is 0 Å². The summed E-state index contributed by atoms with van der Waals surface area (Å²) in [5, 5.41) is 1.27. The molecular formula is C9H7BrS2. The fraction of sp³-hybridized carbons (Fsp3) is 0.111. The molecule has 0 unspecified atom stereocenters. The zero-order valence-electron chi connectivity index (χ0n) is 6.47. The highest BCUT2D eigenvalue weighted by atomic mass is 79.9. The van der Waals surface area contributed by atoms with Gasteiger partial charge >= 0.3 is 0 Å². The van der Waals surface area contributed by atoms with Crippen LogP contribution < -0.4 is 0 Å². The highest BCUT2D eigenvalue weighted by molar-refractivity contribution is 9.11. The molecule has 0 bridgehead atoms. The summed E-state index contributed by atoms with van der Waals surface area (Å²) in [4.78, 5) is 1.06. The molecule has 0 nitrogen and oxygen atoms in total. The molecule has 0 aliphatic rings. The topological polar surface area (TPSA) is 0 Å². The van der Waals surface area contributed by atoms with E-state index in [1.807, 2.05) is 0 Å². The molecule has 0 atom stereocenters. The number of rotatable bonds is 0. The monoisotopic (exact) mass is 258 g/mol. The van der Waals surface area contributed by atoms with Gasteiger partial charge in [0.2, 0.25) is 0 Å². The lowest BCUT2D eigenvalue weighted by molar-refractivity contribution is 1.35. The van der Waals surface area contributed by atoms with Crippen LogP contribution in [-0.2, 0) is 0 Å². The number of aryl methyl sites for hydroxylation is 1. The standard InChI is InChI=1S/C9H7BrS2/c1-5-2-8-6(3-7(5)11)4-9(10)12-8/h2-4,11H,1H3. The van der Waals surface area contributed by atoms with E-state index in [9.17, 15) is 0 Å². The van der Waals surface area contributed by atoms with Gasteiger partial charge in [-0.1, -0.05) is 0 Å². The first kappa shape index (κ1) is 8.60. The van der Waals surface area contributed by atoms with Crippen molar-refractivity contribution in [1.82, 2.24) is 0 Å². The third-order valence-electron chi connectivity index (χ3n) is 1.80. The Hall–Kier alpha value is 0.01000. The van der Waals surface area contributed by atoms with Crippen LogP contribution in [0.5, 0.6) is 0 Å². The molecule has 0 spiro atoms. The SMILES string of the molecule is Cc1cc2sc(Br)cc2cc1S. The maximum atomic E-state index is 4.37. The summed E-state index contributed by atoms with van der Waals surface area (Å²) >= 11 is 9.60. The van der Waals surface area contributed by atoms with Gasteiger partial charge in [0.05, 0.1) is 3.79 Å². The maximum absolute atomic E-state index is 4.37. The van der Waals surface area contributed by atoms with Crippen molar-refractivity contribution in [3.63, 3.8) is 0 Å². The van der Waals surface area contributed by atoms with Gasteiger partial charge in [0.1, 0.15) is 0 Å². The number of thiol groups is 1. The second-order valence-corrected chi connectivity index (χ2v) is 5.67. The molecule has 2 rings (SSSR count). The average molecular weight is 259 g/mol. The zero-order chi connectivity index (χ0) is 8.72. The first-order valence-electron chi connectivity index (χ1n) is 3.55. The molecule has 0 fully saturated rings. The molecule has 1 aromatic heterocycles. The summed E-state index contributed by atoms with van der Waals surface area (Å²) in [7, 11) is 0. The van der Waals surface area contributed by atoms with Gasteiger partial charge < -0.3 is 0 Å². The predicted octanol–water partition coefficient (Wildman–Crippen LogP) is 4.26. The lowest BCUT2D eigenvalue weighted by Crippen LogP contribution is -1.73. The Kier molecular flexibility index (Phi) is 2.19. The Bertz CT molecular complexity index is 392. The van der Waals surface area contributed by atoms with Gasteiger partial charge in [-0.25, -0.2) is 0 Å². The van der Waals surface area contributed by atoms with E-state index in [0.29, 0.717) is 0 Å². The lowest BCUT2D eigenvalue weighted by Gasteiger charge is -1.97. The second kappa shape index (κ2) is 3.05. The fourth-order valence-electron chi connectivity index (χ4n) is 1.14. The number of hydrogen-bond acceptors (Lipinski definition) is 2. The number of halogens is 1. The summed E-state index contributed by atoms with van der Waals surface area (Å²) < 4.78 is 2.49. The second-order valence-electron chi connectivity index (χ2n) is 2.73.